The molecule has 2 heterocycles. The van der Waals surface area contributed by atoms with E-state index in [9.17, 15) is 9.90 Å². The van der Waals surface area contributed by atoms with Crippen molar-refractivity contribution in [3.05, 3.63) is 46.0 Å². The first-order valence-corrected chi connectivity index (χ1v) is 13.0. The molecule has 1 spiro atoms. The molecule has 4 rings (SSSR count). The number of carbonyl (C=O) groups excluding carboxylic acids is 1. The first-order valence-electron chi connectivity index (χ1n) is 11.5. The van der Waals surface area contributed by atoms with E-state index in [1.165, 1.54) is 7.11 Å². The fraction of sp³-hybridized carbons (Fsp3) is 0.444. The van der Waals surface area contributed by atoms with Gasteiger partial charge in [0.1, 0.15) is 6.10 Å². The number of rotatable bonds is 2. The number of nitrogens with one attached hydrogen (secondary N) is 1. The predicted octanol–water partition coefficient (Wildman–Crippen LogP) is 3.70. The van der Waals surface area contributed by atoms with E-state index in [1.807, 2.05) is 48.6 Å². The van der Waals surface area contributed by atoms with Crippen molar-refractivity contribution < 1.29 is 28.8 Å². The zero-order valence-electron chi connectivity index (χ0n) is 20.2. The summed E-state index contributed by atoms with van der Waals surface area (Å²) in [6, 6.07) is 3.58. The summed E-state index contributed by atoms with van der Waals surface area (Å²) >= 11 is 8.77. The number of hydrogen-bond donors (Lipinski definition) is 2. The molecule has 36 heavy (non-hydrogen) atoms. The number of carbonyl (C=O) groups is 1. The summed E-state index contributed by atoms with van der Waals surface area (Å²) in [6.07, 6.45) is 3.58. The Kier molecular flexibility index (Phi) is 8.23. The van der Waals surface area contributed by atoms with E-state index in [2.05, 4.69) is 27.0 Å². The Bertz CT molecular complexity index is 1230. The van der Waals surface area contributed by atoms with Crippen LogP contribution in [-0.2, 0) is 20.7 Å². The van der Waals surface area contributed by atoms with E-state index in [-0.39, 0.29) is 25.5 Å². The standard InChI is InChI=1S/C27H27ClINO6/c1-26(2)35-22-10-8-19-7-4-17(16-31)13-15-30-23(32)11-6-18-5-9-20(33-3)25(24(18)28)34-21(12-14-29)27(19,22)36-26/h5,8-9,13,21-22,31H,6,10-11,15-16H2,1-3H3,(H,30,32)/b17-13+/t21-,22-,27-/m1/s1. The van der Waals surface area contributed by atoms with Gasteiger partial charge in [0, 0.05) is 46.7 Å². The fourth-order valence-electron chi connectivity index (χ4n) is 4.64. The summed E-state index contributed by atoms with van der Waals surface area (Å²) < 4.78 is 27.8. The molecule has 3 atom stereocenters. The maximum absolute atomic E-state index is 12.4. The van der Waals surface area contributed by atoms with E-state index < -0.39 is 23.6 Å². The Morgan fingerprint density at radius 2 is 2.11 bits per heavy atom. The van der Waals surface area contributed by atoms with Crippen molar-refractivity contribution in [2.75, 3.05) is 20.3 Å². The molecule has 0 aromatic heterocycles. The number of amides is 1. The van der Waals surface area contributed by atoms with Crippen molar-refractivity contribution >= 4 is 40.1 Å². The van der Waals surface area contributed by atoms with Gasteiger partial charge >= 0.3 is 0 Å². The third-order valence-electron chi connectivity index (χ3n) is 6.24. The number of hydrogen-bond acceptors (Lipinski definition) is 6. The predicted molar refractivity (Wildman–Crippen MR) is 144 cm³/mol. The summed E-state index contributed by atoms with van der Waals surface area (Å²) in [6.45, 7) is 3.67. The van der Waals surface area contributed by atoms with Gasteiger partial charge in [0.2, 0.25) is 5.91 Å². The van der Waals surface area contributed by atoms with Crippen molar-refractivity contribution in [3.8, 4) is 33.2 Å². The molecule has 0 radical (unpaired) electrons. The number of aryl methyl sites for hydroxylation is 1. The summed E-state index contributed by atoms with van der Waals surface area (Å²) in [7, 11) is 1.53. The molecular weight excluding hydrogens is 597 g/mol. The van der Waals surface area contributed by atoms with Gasteiger partial charge in [-0.2, -0.15) is 0 Å². The maximum Gasteiger partial charge on any atom is 0.220 e. The fourth-order valence-corrected chi connectivity index (χ4v) is 5.21. The van der Waals surface area contributed by atoms with Crippen molar-refractivity contribution in [2.24, 2.45) is 0 Å². The van der Waals surface area contributed by atoms with E-state index in [0.29, 0.717) is 40.5 Å². The Labute approximate surface area is 229 Å². The van der Waals surface area contributed by atoms with Crippen LogP contribution in [0.25, 0.3) is 0 Å². The molecule has 2 bridgehead atoms. The highest BCUT2D eigenvalue weighted by Gasteiger charge is 2.63. The number of benzene rings is 1. The van der Waals surface area contributed by atoms with Gasteiger partial charge in [-0.3, -0.25) is 4.79 Å². The minimum atomic E-state index is -1.13. The first kappa shape index (κ1) is 26.8. The quantitative estimate of drug-likeness (QED) is 0.386. The summed E-state index contributed by atoms with van der Waals surface area (Å²) in [5.41, 5.74) is 0.726. The number of aliphatic hydroxyl groups excluding tert-OH is 1. The lowest BCUT2D eigenvalue weighted by atomic mass is 9.87. The van der Waals surface area contributed by atoms with Crippen LogP contribution >= 0.6 is 34.2 Å². The zero-order valence-corrected chi connectivity index (χ0v) is 23.2. The van der Waals surface area contributed by atoms with Crippen LogP contribution in [0.15, 0.2) is 35.4 Å². The molecular formula is C27H27ClINO6. The van der Waals surface area contributed by atoms with Gasteiger partial charge in [-0.15, -0.1) is 0 Å². The van der Waals surface area contributed by atoms with Crippen LogP contribution in [0.1, 0.15) is 32.3 Å². The molecule has 7 nitrogen and oxygen atoms in total. The number of aliphatic hydroxyl groups is 1. The molecule has 0 saturated carbocycles. The van der Waals surface area contributed by atoms with Crippen LogP contribution in [0, 0.1) is 21.7 Å². The molecule has 2 N–H and O–H groups in total. The highest BCUT2D eigenvalue weighted by Crippen LogP contribution is 2.51. The lowest BCUT2D eigenvalue weighted by molar-refractivity contribution is -0.166. The van der Waals surface area contributed by atoms with E-state index in [4.69, 9.17) is 30.5 Å². The van der Waals surface area contributed by atoms with Gasteiger partial charge in [0.15, 0.2) is 29.0 Å². The monoisotopic (exact) mass is 623 g/mol. The summed E-state index contributed by atoms with van der Waals surface area (Å²) in [4.78, 5) is 12.4. The first-order chi connectivity index (χ1) is 17.2. The molecule has 1 aliphatic carbocycles. The van der Waals surface area contributed by atoms with Crippen LogP contribution in [0.4, 0.5) is 0 Å². The molecule has 1 amide bonds. The van der Waals surface area contributed by atoms with Crippen molar-refractivity contribution in [2.45, 2.75) is 56.7 Å². The average Bonchev–Trinajstić information content (AvgIpc) is 3.31. The molecule has 9 heteroatoms. The second kappa shape index (κ2) is 11.0. The normalized spacial score (nSPS) is 28.4. The van der Waals surface area contributed by atoms with Gasteiger partial charge in [-0.25, -0.2) is 0 Å². The highest BCUT2D eigenvalue weighted by atomic mass is 127. The lowest BCUT2D eigenvalue weighted by Crippen LogP contribution is -2.52. The van der Waals surface area contributed by atoms with E-state index in [0.717, 1.165) is 5.56 Å². The third-order valence-corrected chi connectivity index (χ3v) is 6.97. The van der Waals surface area contributed by atoms with Crippen LogP contribution < -0.4 is 14.8 Å². The molecule has 3 aliphatic rings. The number of ether oxygens (including phenoxy) is 4. The summed E-state index contributed by atoms with van der Waals surface area (Å²) in [5.74, 6) is 9.01. The maximum atomic E-state index is 12.4. The number of methoxy groups -OCH3 is 1. The number of halogens is 2. The minimum Gasteiger partial charge on any atom is -0.493 e. The second-order valence-electron chi connectivity index (χ2n) is 9.00. The largest absolute Gasteiger partial charge is 0.493 e. The Balaban J connectivity index is 1.90. The minimum absolute atomic E-state index is 0.148. The third kappa shape index (κ3) is 5.25. The van der Waals surface area contributed by atoms with Crippen molar-refractivity contribution in [1.29, 1.82) is 0 Å². The molecule has 1 aromatic carbocycles. The SMILES string of the molecule is COc1ccc2c(Cl)c1O[C@H](C#CI)[C@@]13OC(C)(C)O[C@@H]1CC=C3C#C/C(CO)=C\CNC(=O)CC2. The summed E-state index contributed by atoms with van der Waals surface area (Å²) in [5, 5.41) is 13.0. The van der Waals surface area contributed by atoms with Gasteiger partial charge in [-0.05, 0) is 48.2 Å². The van der Waals surface area contributed by atoms with Crippen LogP contribution in [0.3, 0.4) is 0 Å². The lowest BCUT2D eigenvalue weighted by Gasteiger charge is -2.35. The molecule has 2 aliphatic heterocycles. The van der Waals surface area contributed by atoms with Crippen LogP contribution in [0.5, 0.6) is 11.5 Å². The average molecular weight is 624 g/mol. The van der Waals surface area contributed by atoms with E-state index in [1.54, 1.807) is 12.1 Å². The van der Waals surface area contributed by atoms with Crippen molar-refractivity contribution in [1.82, 2.24) is 5.32 Å². The molecule has 1 fully saturated rings. The van der Waals surface area contributed by atoms with Gasteiger partial charge in [0.25, 0.3) is 0 Å². The molecule has 1 saturated heterocycles. The smallest absolute Gasteiger partial charge is 0.220 e. The van der Waals surface area contributed by atoms with Gasteiger partial charge in [0.05, 0.1) is 18.7 Å². The second-order valence-corrected chi connectivity index (χ2v) is 9.92. The Morgan fingerprint density at radius 3 is 2.83 bits per heavy atom. The highest BCUT2D eigenvalue weighted by molar-refractivity contribution is 14.1. The van der Waals surface area contributed by atoms with Gasteiger partial charge in [-0.1, -0.05) is 41.7 Å². The zero-order chi connectivity index (χ0) is 25.9. The number of fused-ring (bicyclic) bond motifs is 2. The molecule has 190 valence electrons. The van der Waals surface area contributed by atoms with Gasteiger partial charge < -0.3 is 29.4 Å². The van der Waals surface area contributed by atoms with Crippen LogP contribution in [0.2, 0.25) is 5.02 Å². The van der Waals surface area contributed by atoms with Crippen molar-refractivity contribution in [3.63, 3.8) is 0 Å². The topological polar surface area (TPSA) is 86.2 Å². The molecule has 1 aromatic rings. The molecule has 0 unspecified atom stereocenters. The van der Waals surface area contributed by atoms with Crippen LogP contribution in [-0.4, -0.2) is 54.9 Å². The Hall–Kier alpha value is -2.21. The Morgan fingerprint density at radius 1 is 1.31 bits per heavy atom. The van der Waals surface area contributed by atoms with E-state index >= 15 is 0 Å².